The minimum Gasteiger partial charge on any atom is -0.322 e. The molecule has 0 aliphatic heterocycles. The summed E-state index contributed by atoms with van der Waals surface area (Å²) in [5.41, 5.74) is 8.34. The van der Waals surface area contributed by atoms with E-state index in [-0.39, 0.29) is 18.4 Å². The normalized spacial score (nSPS) is 18.5. The minimum atomic E-state index is 0. The Bertz CT molecular complexity index is 308. The first kappa shape index (κ1) is 12.5. The van der Waals surface area contributed by atoms with Gasteiger partial charge in [0.25, 0.3) is 0 Å². The van der Waals surface area contributed by atoms with Crippen LogP contribution in [0.4, 0.5) is 0 Å². The fourth-order valence-corrected chi connectivity index (χ4v) is 2.31. The molecule has 1 heterocycles. The van der Waals surface area contributed by atoms with Crippen LogP contribution in [0.2, 0.25) is 0 Å². The van der Waals surface area contributed by atoms with Crippen LogP contribution in [0.5, 0.6) is 0 Å². The van der Waals surface area contributed by atoms with Gasteiger partial charge in [-0.05, 0) is 37.8 Å². The molecule has 0 spiro atoms. The highest BCUT2D eigenvalue weighted by Gasteiger charge is 2.23. The molecule has 0 amide bonds. The second kappa shape index (κ2) is 5.47. The quantitative estimate of drug-likeness (QED) is 0.842. The van der Waals surface area contributed by atoms with Crippen molar-refractivity contribution >= 4 is 12.4 Å². The van der Waals surface area contributed by atoms with Crippen LogP contribution in [0.1, 0.15) is 43.1 Å². The number of hydrogen-bond acceptors (Lipinski definition) is 2. The van der Waals surface area contributed by atoms with Crippen molar-refractivity contribution in [2.75, 3.05) is 0 Å². The van der Waals surface area contributed by atoms with Crippen molar-refractivity contribution in [1.82, 2.24) is 4.98 Å². The summed E-state index contributed by atoms with van der Waals surface area (Å²) in [4.78, 5) is 4.49. The van der Waals surface area contributed by atoms with E-state index in [9.17, 15) is 0 Å². The summed E-state index contributed by atoms with van der Waals surface area (Å²) in [6.45, 7) is 2.02. The highest BCUT2D eigenvalue weighted by molar-refractivity contribution is 5.85. The number of nitrogens with zero attached hydrogens (tertiary/aromatic N) is 1. The first-order valence-corrected chi connectivity index (χ1v) is 5.46. The molecule has 0 aromatic carbocycles. The molecule has 15 heavy (non-hydrogen) atoms. The Morgan fingerprint density at radius 1 is 1.33 bits per heavy atom. The van der Waals surface area contributed by atoms with E-state index in [1.807, 2.05) is 19.1 Å². The van der Waals surface area contributed by atoms with Gasteiger partial charge < -0.3 is 5.73 Å². The van der Waals surface area contributed by atoms with Crippen LogP contribution in [0.15, 0.2) is 18.2 Å². The second-order valence-electron chi connectivity index (χ2n) is 4.27. The fourth-order valence-electron chi connectivity index (χ4n) is 2.31. The number of nitrogens with two attached hydrogens (primary N) is 1. The summed E-state index contributed by atoms with van der Waals surface area (Å²) in [6, 6.07) is 6.27. The van der Waals surface area contributed by atoms with E-state index in [0.717, 1.165) is 11.4 Å². The molecule has 84 valence electrons. The van der Waals surface area contributed by atoms with Crippen molar-refractivity contribution in [3.8, 4) is 0 Å². The van der Waals surface area contributed by atoms with Gasteiger partial charge in [0.05, 0.1) is 5.69 Å². The maximum atomic E-state index is 6.21. The molecule has 1 fully saturated rings. The van der Waals surface area contributed by atoms with Crippen molar-refractivity contribution in [3.05, 3.63) is 29.6 Å². The Morgan fingerprint density at radius 2 is 2.00 bits per heavy atom. The third-order valence-corrected chi connectivity index (χ3v) is 3.16. The molecule has 2 nitrogen and oxygen atoms in total. The van der Waals surface area contributed by atoms with E-state index in [1.54, 1.807) is 0 Å². The number of hydrogen-bond donors (Lipinski definition) is 1. The highest BCUT2D eigenvalue weighted by atomic mass is 35.5. The van der Waals surface area contributed by atoms with E-state index in [1.165, 1.54) is 25.7 Å². The number of rotatable bonds is 2. The average Bonchev–Trinajstić information content (AvgIpc) is 2.69. The van der Waals surface area contributed by atoms with Gasteiger partial charge in [-0.25, -0.2) is 0 Å². The zero-order valence-corrected chi connectivity index (χ0v) is 9.96. The Balaban J connectivity index is 0.00000112. The number of halogens is 1. The van der Waals surface area contributed by atoms with Gasteiger partial charge in [-0.15, -0.1) is 12.4 Å². The van der Waals surface area contributed by atoms with Crippen molar-refractivity contribution < 1.29 is 0 Å². The molecule has 3 heteroatoms. The molecule has 1 saturated carbocycles. The highest BCUT2D eigenvalue weighted by Crippen LogP contribution is 2.33. The predicted molar refractivity (Wildman–Crippen MR) is 65.1 cm³/mol. The van der Waals surface area contributed by atoms with E-state index in [0.29, 0.717) is 5.92 Å². The monoisotopic (exact) mass is 226 g/mol. The molecule has 2 rings (SSSR count). The lowest BCUT2D eigenvalue weighted by Crippen LogP contribution is -2.20. The SMILES string of the molecule is Cc1cccc([C@H](N)C2CCCC2)n1.Cl. The summed E-state index contributed by atoms with van der Waals surface area (Å²) in [6.07, 6.45) is 5.22. The zero-order chi connectivity index (χ0) is 9.97. The van der Waals surface area contributed by atoms with Crippen molar-refractivity contribution in [2.24, 2.45) is 11.7 Å². The van der Waals surface area contributed by atoms with Gasteiger partial charge in [0.1, 0.15) is 0 Å². The van der Waals surface area contributed by atoms with Crippen LogP contribution in [-0.2, 0) is 0 Å². The van der Waals surface area contributed by atoms with E-state index in [4.69, 9.17) is 5.73 Å². The van der Waals surface area contributed by atoms with Crippen LogP contribution in [0.3, 0.4) is 0 Å². The lowest BCUT2D eigenvalue weighted by atomic mass is 9.96. The molecule has 0 bridgehead atoms. The van der Waals surface area contributed by atoms with Crippen LogP contribution < -0.4 is 5.73 Å². The topological polar surface area (TPSA) is 38.9 Å². The molecule has 0 saturated heterocycles. The van der Waals surface area contributed by atoms with Gasteiger partial charge >= 0.3 is 0 Å². The molecular formula is C12H19ClN2. The lowest BCUT2D eigenvalue weighted by molar-refractivity contribution is 0.436. The van der Waals surface area contributed by atoms with Crippen LogP contribution in [0.25, 0.3) is 0 Å². The van der Waals surface area contributed by atoms with Crippen molar-refractivity contribution in [1.29, 1.82) is 0 Å². The number of aromatic nitrogens is 1. The van der Waals surface area contributed by atoms with Crippen LogP contribution >= 0.6 is 12.4 Å². The third kappa shape index (κ3) is 2.93. The predicted octanol–water partition coefficient (Wildman–Crippen LogP) is 3.00. The van der Waals surface area contributed by atoms with E-state index in [2.05, 4.69) is 11.1 Å². The summed E-state index contributed by atoms with van der Waals surface area (Å²) >= 11 is 0. The molecule has 0 radical (unpaired) electrons. The van der Waals surface area contributed by atoms with Crippen molar-refractivity contribution in [3.63, 3.8) is 0 Å². The van der Waals surface area contributed by atoms with Crippen LogP contribution in [0, 0.1) is 12.8 Å². The van der Waals surface area contributed by atoms with Gasteiger partial charge in [-0.1, -0.05) is 18.9 Å². The Morgan fingerprint density at radius 3 is 2.60 bits per heavy atom. The summed E-state index contributed by atoms with van der Waals surface area (Å²) in [5.74, 6) is 0.657. The molecule has 1 atom stereocenters. The summed E-state index contributed by atoms with van der Waals surface area (Å²) in [7, 11) is 0. The van der Waals surface area contributed by atoms with Gasteiger partial charge in [0.15, 0.2) is 0 Å². The van der Waals surface area contributed by atoms with Gasteiger partial charge in [0.2, 0.25) is 0 Å². The van der Waals surface area contributed by atoms with Gasteiger partial charge in [-0.2, -0.15) is 0 Å². The standard InChI is InChI=1S/C12H18N2.ClH/c1-9-5-4-8-11(14-9)12(13)10-6-2-3-7-10;/h4-5,8,10,12H,2-3,6-7,13H2,1H3;1H/t12-;/m1./s1. The van der Waals surface area contributed by atoms with E-state index < -0.39 is 0 Å². The van der Waals surface area contributed by atoms with E-state index >= 15 is 0 Å². The zero-order valence-electron chi connectivity index (χ0n) is 9.15. The molecular weight excluding hydrogens is 208 g/mol. The third-order valence-electron chi connectivity index (χ3n) is 3.16. The molecule has 2 N–H and O–H groups in total. The van der Waals surface area contributed by atoms with Crippen molar-refractivity contribution in [2.45, 2.75) is 38.6 Å². The largest absolute Gasteiger partial charge is 0.322 e. The Hall–Kier alpha value is -0.600. The number of aryl methyl sites for hydroxylation is 1. The first-order chi connectivity index (χ1) is 6.77. The minimum absolute atomic E-state index is 0. The van der Waals surface area contributed by atoms with Crippen LogP contribution in [-0.4, -0.2) is 4.98 Å². The second-order valence-corrected chi connectivity index (χ2v) is 4.27. The Labute approximate surface area is 97.7 Å². The first-order valence-electron chi connectivity index (χ1n) is 5.46. The maximum absolute atomic E-state index is 6.21. The summed E-state index contributed by atoms with van der Waals surface area (Å²) < 4.78 is 0. The molecule has 1 aromatic rings. The average molecular weight is 227 g/mol. The Kier molecular flexibility index (Phi) is 4.55. The molecule has 1 aliphatic rings. The fraction of sp³-hybridized carbons (Fsp3) is 0.583. The number of pyridine rings is 1. The molecule has 0 unspecified atom stereocenters. The molecule has 1 aliphatic carbocycles. The maximum Gasteiger partial charge on any atom is 0.0577 e. The molecule has 1 aromatic heterocycles. The summed E-state index contributed by atoms with van der Waals surface area (Å²) in [5, 5.41) is 0. The van der Waals surface area contributed by atoms with Gasteiger partial charge in [0, 0.05) is 11.7 Å². The smallest absolute Gasteiger partial charge is 0.0577 e. The lowest BCUT2D eigenvalue weighted by Gasteiger charge is -2.18. The van der Waals surface area contributed by atoms with Gasteiger partial charge in [-0.3, -0.25) is 4.98 Å².